The van der Waals surface area contributed by atoms with Crippen molar-refractivity contribution in [1.29, 1.82) is 0 Å². The van der Waals surface area contributed by atoms with Gasteiger partial charge in [-0.1, -0.05) is 46.3 Å². The van der Waals surface area contributed by atoms with Crippen LogP contribution in [0, 0.1) is 0 Å². The molecule has 0 spiro atoms. The summed E-state index contributed by atoms with van der Waals surface area (Å²) in [4.78, 5) is 1.34. The minimum atomic E-state index is 0.918. The molecule has 0 bridgehead atoms. The Kier molecular flexibility index (Phi) is 2.81. The fourth-order valence-corrected chi connectivity index (χ4v) is 2.58. The van der Waals surface area contributed by atoms with Crippen LogP contribution in [0.3, 0.4) is 0 Å². The molecule has 0 nitrogen and oxygen atoms in total. The summed E-state index contributed by atoms with van der Waals surface area (Å²) >= 11 is 5.28. The molecule has 0 aliphatic carbocycles. The largest absolute Gasteiger partial charge is 0.144 e. The zero-order valence-electron chi connectivity index (χ0n) is 7.03. The Bertz CT molecular complexity index is 379. The first-order valence-electron chi connectivity index (χ1n) is 4.09. The topological polar surface area (TPSA) is 0 Å². The van der Waals surface area contributed by atoms with Gasteiger partial charge in [0.1, 0.15) is 0 Å². The van der Waals surface area contributed by atoms with E-state index in [9.17, 15) is 0 Å². The van der Waals surface area contributed by atoms with E-state index in [1.165, 1.54) is 16.0 Å². The highest BCUT2D eigenvalue weighted by molar-refractivity contribution is 9.08. The molecule has 1 heterocycles. The van der Waals surface area contributed by atoms with Crippen molar-refractivity contribution in [2.45, 2.75) is 5.33 Å². The Morgan fingerprint density at radius 2 is 1.92 bits per heavy atom. The third-order valence-electron chi connectivity index (χ3n) is 1.95. The molecule has 1 aromatic carbocycles. The molecule has 0 N–H and O–H groups in total. The Balaban J connectivity index is 2.51. The lowest BCUT2D eigenvalue weighted by atomic mass is 10.1. The van der Waals surface area contributed by atoms with Gasteiger partial charge in [-0.2, -0.15) is 0 Å². The zero-order valence-corrected chi connectivity index (χ0v) is 9.44. The quantitative estimate of drug-likeness (QED) is 0.699. The normalized spacial score (nSPS) is 10.2. The first kappa shape index (κ1) is 8.97. The molecular weight excluding hydrogens is 244 g/mol. The number of hydrogen-bond acceptors (Lipinski definition) is 1. The molecule has 0 radical (unpaired) electrons. The first-order valence-corrected chi connectivity index (χ1v) is 6.09. The second-order valence-corrected chi connectivity index (χ2v) is 4.28. The van der Waals surface area contributed by atoms with Crippen molar-refractivity contribution in [3.63, 3.8) is 0 Å². The van der Waals surface area contributed by atoms with Crippen molar-refractivity contribution in [1.82, 2.24) is 0 Å². The van der Waals surface area contributed by atoms with Gasteiger partial charge >= 0.3 is 0 Å². The monoisotopic (exact) mass is 252 g/mol. The Morgan fingerprint density at radius 1 is 1.08 bits per heavy atom. The Morgan fingerprint density at radius 3 is 2.62 bits per heavy atom. The van der Waals surface area contributed by atoms with Gasteiger partial charge in [-0.05, 0) is 22.6 Å². The number of thiophene rings is 1. The molecule has 66 valence electrons. The lowest BCUT2D eigenvalue weighted by molar-refractivity contribution is 1.44. The number of halogens is 1. The van der Waals surface area contributed by atoms with Crippen molar-refractivity contribution < 1.29 is 0 Å². The molecule has 2 rings (SSSR count). The van der Waals surface area contributed by atoms with Crippen molar-refractivity contribution in [3.05, 3.63) is 47.3 Å². The van der Waals surface area contributed by atoms with E-state index >= 15 is 0 Å². The summed E-state index contributed by atoms with van der Waals surface area (Å²) in [6, 6.07) is 12.7. The first-order chi connectivity index (χ1) is 6.42. The molecule has 1 aromatic heterocycles. The molecule has 0 aliphatic heterocycles. The minimum absolute atomic E-state index is 0.918. The predicted molar refractivity (Wildman–Crippen MR) is 62.4 cm³/mol. The summed E-state index contributed by atoms with van der Waals surface area (Å²) in [5, 5.41) is 3.03. The van der Waals surface area contributed by atoms with E-state index in [1.54, 1.807) is 11.3 Å². The molecule has 0 saturated carbocycles. The van der Waals surface area contributed by atoms with Crippen molar-refractivity contribution in [3.8, 4) is 10.4 Å². The van der Waals surface area contributed by atoms with Gasteiger partial charge in [0.15, 0.2) is 0 Å². The van der Waals surface area contributed by atoms with Gasteiger partial charge < -0.3 is 0 Å². The standard InChI is InChI=1S/C11H9BrS/c12-8-9-4-1-2-5-10(9)11-6-3-7-13-11/h1-7H,8H2. The number of hydrogen-bond donors (Lipinski definition) is 0. The van der Waals surface area contributed by atoms with Crippen LogP contribution in [0.1, 0.15) is 5.56 Å². The van der Waals surface area contributed by atoms with E-state index in [0.29, 0.717) is 0 Å². The van der Waals surface area contributed by atoms with Gasteiger partial charge in [0, 0.05) is 10.2 Å². The van der Waals surface area contributed by atoms with E-state index in [2.05, 4.69) is 57.7 Å². The highest BCUT2D eigenvalue weighted by Crippen LogP contribution is 2.28. The van der Waals surface area contributed by atoms with E-state index in [0.717, 1.165) is 5.33 Å². The van der Waals surface area contributed by atoms with Crippen LogP contribution in [0.4, 0.5) is 0 Å². The van der Waals surface area contributed by atoms with Crippen LogP contribution in [0.15, 0.2) is 41.8 Å². The van der Waals surface area contributed by atoms with E-state index in [4.69, 9.17) is 0 Å². The van der Waals surface area contributed by atoms with Crippen LogP contribution in [0.5, 0.6) is 0 Å². The second kappa shape index (κ2) is 4.07. The lowest BCUT2D eigenvalue weighted by Gasteiger charge is -2.03. The Hall–Kier alpha value is -0.600. The number of benzene rings is 1. The summed E-state index contributed by atoms with van der Waals surface area (Å²) in [5.74, 6) is 0. The smallest absolute Gasteiger partial charge is 0.0345 e. The third-order valence-corrected chi connectivity index (χ3v) is 3.46. The molecule has 0 amide bonds. The summed E-state index contributed by atoms with van der Waals surface area (Å²) < 4.78 is 0. The molecular formula is C11H9BrS. The molecule has 0 aliphatic rings. The van der Waals surface area contributed by atoms with E-state index < -0.39 is 0 Å². The third kappa shape index (κ3) is 1.84. The fourth-order valence-electron chi connectivity index (χ4n) is 1.31. The van der Waals surface area contributed by atoms with Crippen molar-refractivity contribution >= 4 is 27.3 Å². The molecule has 2 aromatic rings. The van der Waals surface area contributed by atoms with E-state index in [-0.39, 0.29) is 0 Å². The van der Waals surface area contributed by atoms with Gasteiger partial charge in [-0.15, -0.1) is 11.3 Å². The maximum Gasteiger partial charge on any atom is 0.0345 e. The second-order valence-electron chi connectivity index (χ2n) is 2.77. The maximum atomic E-state index is 3.50. The van der Waals surface area contributed by atoms with Crippen LogP contribution < -0.4 is 0 Å². The van der Waals surface area contributed by atoms with Crippen LogP contribution in [-0.2, 0) is 5.33 Å². The van der Waals surface area contributed by atoms with Gasteiger partial charge in [0.2, 0.25) is 0 Å². The van der Waals surface area contributed by atoms with Crippen molar-refractivity contribution in [2.75, 3.05) is 0 Å². The SMILES string of the molecule is BrCc1ccccc1-c1cccs1. The van der Waals surface area contributed by atoms with Gasteiger partial charge in [0.05, 0.1) is 0 Å². The lowest BCUT2D eigenvalue weighted by Crippen LogP contribution is -1.81. The molecule has 13 heavy (non-hydrogen) atoms. The predicted octanol–water partition coefficient (Wildman–Crippen LogP) is 4.31. The molecule has 0 fully saturated rings. The van der Waals surface area contributed by atoms with Gasteiger partial charge in [-0.25, -0.2) is 0 Å². The summed E-state index contributed by atoms with van der Waals surface area (Å²) in [7, 11) is 0. The van der Waals surface area contributed by atoms with Gasteiger partial charge in [-0.3, -0.25) is 0 Å². The maximum absolute atomic E-state index is 3.50. The highest BCUT2D eigenvalue weighted by Gasteiger charge is 2.02. The van der Waals surface area contributed by atoms with Crippen LogP contribution in [-0.4, -0.2) is 0 Å². The Labute approximate surface area is 90.4 Å². The summed E-state index contributed by atoms with van der Waals surface area (Å²) in [5.41, 5.74) is 2.69. The van der Waals surface area contributed by atoms with E-state index in [1.807, 2.05) is 0 Å². The summed E-state index contributed by atoms with van der Waals surface area (Å²) in [6.45, 7) is 0. The fraction of sp³-hybridized carbons (Fsp3) is 0.0909. The van der Waals surface area contributed by atoms with Crippen molar-refractivity contribution in [2.24, 2.45) is 0 Å². The average molecular weight is 253 g/mol. The number of alkyl halides is 1. The van der Waals surface area contributed by atoms with Gasteiger partial charge in [0.25, 0.3) is 0 Å². The zero-order chi connectivity index (χ0) is 9.10. The molecule has 0 saturated heterocycles. The van der Waals surface area contributed by atoms with Crippen LogP contribution in [0.2, 0.25) is 0 Å². The molecule has 0 unspecified atom stereocenters. The average Bonchev–Trinajstić information content (AvgIpc) is 2.70. The highest BCUT2D eigenvalue weighted by atomic mass is 79.9. The summed E-state index contributed by atoms with van der Waals surface area (Å²) in [6.07, 6.45) is 0. The minimum Gasteiger partial charge on any atom is -0.144 e. The number of rotatable bonds is 2. The molecule has 0 atom stereocenters. The van der Waals surface area contributed by atoms with Crippen LogP contribution >= 0.6 is 27.3 Å². The van der Waals surface area contributed by atoms with Crippen LogP contribution in [0.25, 0.3) is 10.4 Å². The molecule has 2 heteroatoms.